The molecule has 0 aromatic heterocycles. The Morgan fingerprint density at radius 1 is 1.17 bits per heavy atom. The minimum Gasteiger partial charge on any atom is -0.550 e. The van der Waals surface area contributed by atoms with Crippen molar-refractivity contribution in [3.8, 4) is 23.0 Å². The maximum atomic E-state index is 10.8. The molecule has 0 radical (unpaired) electrons. The lowest BCUT2D eigenvalue weighted by molar-refractivity contribution is -0.308. The Labute approximate surface area is 131 Å². The number of hydrogen-bond donors (Lipinski definition) is 4. The number of aromatic hydroxyl groups is 4. The third-order valence-electron chi connectivity index (χ3n) is 4.13. The summed E-state index contributed by atoms with van der Waals surface area (Å²) in [5.41, 5.74) is 0.561. The molecule has 1 aliphatic rings. The molecule has 0 fully saturated rings. The van der Waals surface area contributed by atoms with Crippen LogP contribution in [0, 0.1) is 0 Å². The normalized spacial score (nSPS) is 20.4. The molecule has 4 N–H and O–H groups in total. The molecule has 3 rings (SSSR count). The Morgan fingerprint density at radius 2 is 1.74 bits per heavy atom. The van der Waals surface area contributed by atoms with Crippen molar-refractivity contribution in [2.45, 2.75) is 32.0 Å². The molecule has 0 spiro atoms. The van der Waals surface area contributed by atoms with E-state index < -0.39 is 18.2 Å². The van der Waals surface area contributed by atoms with Gasteiger partial charge in [-0.05, 0) is 19.1 Å². The molecule has 122 valence electrons. The Balaban J connectivity index is 2.28. The number of rotatable bonds is 2. The summed E-state index contributed by atoms with van der Waals surface area (Å²) in [6.07, 6.45) is -1.73. The maximum Gasteiger partial charge on any atom is 0.133 e. The van der Waals surface area contributed by atoms with Gasteiger partial charge in [0.15, 0.2) is 0 Å². The molecule has 2 aromatic carbocycles. The average molecular weight is 319 g/mol. The van der Waals surface area contributed by atoms with E-state index in [0.717, 1.165) is 0 Å². The van der Waals surface area contributed by atoms with E-state index in [0.29, 0.717) is 5.56 Å². The third kappa shape index (κ3) is 2.29. The van der Waals surface area contributed by atoms with Crippen molar-refractivity contribution in [3.05, 3.63) is 23.3 Å². The molecular weight excluding hydrogens is 304 g/mol. The lowest BCUT2D eigenvalue weighted by atomic mass is 9.88. The summed E-state index contributed by atoms with van der Waals surface area (Å²) in [6, 6.07) is 2.40. The van der Waals surface area contributed by atoms with Crippen molar-refractivity contribution in [3.63, 3.8) is 0 Å². The maximum absolute atomic E-state index is 10.8. The number of carboxylic acids is 1. The summed E-state index contributed by atoms with van der Waals surface area (Å²) < 4.78 is 5.54. The van der Waals surface area contributed by atoms with Gasteiger partial charge in [-0.3, -0.25) is 0 Å². The summed E-state index contributed by atoms with van der Waals surface area (Å²) in [5.74, 6) is -2.49. The first-order chi connectivity index (χ1) is 10.8. The van der Waals surface area contributed by atoms with Crippen LogP contribution in [0.3, 0.4) is 0 Å². The van der Waals surface area contributed by atoms with Crippen LogP contribution in [0.25, 0.3) is 10.8 Å². The highest BCUT2D eigenvalue weighted by atomic mass is 16.5. The van der Waals surface area contributed by atoms with E-state index in [-0.39, 0.29) is 52.2 Å². The number of phenols is 4. The molecule has 1 heterocycles. The van der Waals surface area contributed by atoms with Crippen LogP contribution >= 0.6 is 0 Å². The van der Waals surface area contributed by atoms with E-state index >= 15 is 0 Å². The molecule has 7 heteroatoms. The number of aliphatic carboxylic acids is 1. The minimum absolute atomic E-state index is 0.0398. The van der Waals surface area contributed by atoms with E-state index in [1.54, 1.807) is 6.92 Å². The van der Waals surface area contributed by atoms with Crippen LogP contribution in [0.15, 0.2) is 12.1 Å². The second kappa shape index (κ2) is 5.20. The van der Waals surface area contributed by atoms with E-state index in [1.165, 1.54) is 12.1 Å². The van der Waals surface area contributed by atoms with Gasteiger partial charge in [-0.25, -0.2) is 0 Å². The lowest BCUT2D eigenvalue weighted by Crippen LogP contribution is -2.33. The Bertz CT molecular complexity index is 812. The van der Waals surface area contributed by atoms with Crippen LogP contribution in [-0.2, 0) is 16.0 Å². The number of carbonyl (C=O) groups excluding carboxylic acids is 1. The van der Waals surface area contributed by atoms with Crippen LogP contribution in [0.2, 0.25) is 0 Å². The predicted octanol–water partition coefficient (Wildman–Crippen LogP) is 0.804. The first-order valence-electron chi connectivity index (χ1n) is 7.07. The smallest absolute Gasteiger partial charge is 0.133 e. The highest BCUT2D eigenvalue weighted by Gasteiger charge is 2.33. The summed E-state index contributed by atoms with van der Waals surface area (Å²) in [7, 11) is 0. The van der Waals surface area contributed by atoms with Gasteiger partial charge in [0.25, 0.3) is 0 Å². The Morgan fingerprint density at radius 3 is 2.30 bits per heavy atom. The van der Waals surface area contributed by atoms with E-state index in [4.69, 9.17) is 4.74 Å². The first kappa shape index (κ1) is 15.2. The summed E-state index contributed by atoms with van der Waals surface area (Å²) in [5, 5.41) is 51.5. The van der Waals surface area contributed by atoms with Crippen molar-refractivity contribution >= 4 is 16.7 Å². The van der Waals surface area contributed by atoms with E-state index in [9.17, 15) is 30.3 Å². The zero-order valence-electron chi connectivity index (χ0n) is 12.2. The molecule has 2 atom stereocenters. The minimum atomic E-state index is -1.28. The van der Waals surface area contributed by atoms with Crippen LogP contribution < -0.4 is 5.11 Å². The summed E-state index contributed by atoms with van der Waals surface area (Å²) in [6.45, 7) is 1.60. The highest BCUT2D eigenvalue weighted by molar-refractivity contribution is 6.03. The van der Waals surface area contributed by atoms with Gasteiger partial charge < -0.3 is 35.1 Å². The van der Waals surface area contributed by atoms with Gasteiger partial charge in [0.1, 0.15) is 23.0 Å². The Kier molecular flexibility index (Phi) is 3.45. The van der Waals surface area contributed by atoms with E-state index in [2.05, 4.69) is 0 Å². The van der Waals surface area contributed by atoms with Crippen molar-refractivity contribution in [1.82, 2.24) is 0 Å². The number of hydrogen-bond acceptors (Lipinski definition) is 7. The molecule has 0 unspecified atom stereocenters. The molecule has 1 aliphatic heterocycles. The molecule has 7 nitrogen and oxygen atoms in total. The van der Waals surface area contributed by atoms with Gasteiger partial charge in [-0.1, -0.05) is 0 Å². The van der Waals surface area contributed by atoms with Crippen LogP contribution in [0.4, 0.5) is 0 Å². The quantitative estimate of drug-likeness (QED) is 0.602. The van der Waals surface area contributed by atoms with Crippen LogP contribution in [0.1, 0.15) is 30.6 Å². The number of carbonyl (C=O) groups is 1. The largest absolute Gasteiger partial charge is 0.550 e. The molecular formula is C16H15O7-. The fourth-order valence-electron chi connectivity index (χ4n) is 3.20. The van der Waals surface area contributed by atoms with E-state index in [1.807, 2.05) is 0 Å². The summed E-state index contributed by atoms with van der Waals surface area (Å²) >= 11 is 0. The second-order valence-corrected chi connectivity index (χ2v) is 5.62. The molecule has 0 saturated carbocycles. The fourth-order valence-corrected chi connectivity index (χ4v) is 3.20. The number of phenolic OH excluding ortho intramolecular Hbond substituents is 4. The van der Waals surface area contributed by atoms with Gasteiger partial charge in [0, 0.05) is 29.9 Å². The third-order valence-corrected chi connectivity index (χ3v) is 4.13. The zero-order chi connectivity index (χ0) is 16.9. The molecule has 0 bridgehead atoms. The molecule has 2 aromatic rings. The van der Waals surface area contributed by atoms with Crippen molar-refractivity contribution in [2.75, 3.05) is 0 Å². The summed E-state index contributed by atoms with van der Waals surface area (Å²) in [4.78, 5) is 10.8. The molecule has 0 aliphatic carbocycles. The SMILES string of the molecule is C[C@H]1O[C@H](CC(=O)[O-])Cc2c1c(O)c1c(O)ccc(O)c1c2O. The van der Waals surface area contributed by atoms with Crippen molar-refractivity contribution < 1.29 is 35.1 Å². The molecule has 23 heavy (non-hydrogen) atoms. The monoisotopic (exact) mass is 319 g/mol. The number of carboxylic acid groups (broad SMARTS) is 1. The van der Waals surface area contributed by atoms with Gasteiger partial charge in [0.05, 0.1) is 23.0 Å². The van der Waals surface area contributed by atoms with Gasteiger partial charge >= 0.3 is 0 Å². The zero-order valence-corrected chi connectivity index (χ0v) is 12.2. The van der Waals surface area contributed by atoms with Gasteiger partial charge in [0.2, 0.25) is 0 Å². The van der Waals surface area contributed by atoms with Gasteiger partial charge in [-0.15, -0.1) is 0 Å². The van der Waals surface area contributed by atoms with Crippen LogP contribution in [0.5, 0.6) is 23.0 Å². The topological polar surface area (TPSA) is 130 Å². The highest BCUT2D eigenvalue weighted by Crippen LogP contribution is 2.51. The molecule has 0 saturated heterocycles. The number of fused-ring (bicyclic) bond motifs is 2. The van der Waals surface area contributed by atoms with Gasteiger partial charge in [-0.2, -0.15) is 0 Å². The number of benzene rings is 2. The second-order valence-electron chi connectivity index (χ2n) is 5.62. The Hall–Kier alpha value is -2.67. The first-order valence-corrected chi connectivity index (χ1v) is 7.07. The number of ether oxygens (including phenoxy) is 1. The van der Waals surface area contributed by atoms with Crippen molar-refractivity contribution in [2.24, 2.45) is 0 Å². The van der Waals surface area contributed by atoms with Crippen molar-refractivity contribution in [1.29, 1.82) is 0 Å². The predicted molar refractivity (Wildman–Crippen MR) is 77.2 cm³/mol. The molecule has 0 amide bonds. The standard InChI is InChI=1S/C16H16O7/c1-6-12-8(4-7(23-6)5-11(19)20)15(21)13-9(17)2-3-10(18)14(13)16(12)22/h2-3,6-7,17-18,21-22H,4-5H2,1H3,(H,19,20)/p-1/t6-,7+/m1/s1. The lowest BCUT2D eigenvalue weighted by Gasteiger charge is -2.32. The average Bonchev–Trinajstić information content (AvgIpc) is 2.45. The fraction of sp³-hybridized carbons (Fsp3) is 0.312. The van der Waals surface area contributed by atoms with Crippen LogP contribution in [-0.4, -0.2) is 32.5 Å².